The van der Waals surface area contributed by atoms with Crippen LogP contribution in [0.2, 0.25) is 0 Å². The van der Waals surface area contributed by atoms with Gasteiger partial charge in [0.15, 0.2) is 11.5 Å². The highest BCUT2D eigenvalue weighted by Gasteiger charge is 2.44. The quantitative estimate of drug-likeness (QED) is 0.437. The van der Waals surface area contributed by atoms with Gasteiger partial charge in [-0.2, -0.15) is 5.10 Å². The summed E-state index contributed by atoms with van der Waals surface area (Å²) in [6.45, 7) is 2.04. The van der Waals surface area contributed by atoms with Gasteiger partial charge in [-0.05, 0) is 49.4 Å². The molecule has 0 saturated heterocycles. The fourth-order valence-electron chi connectivity index (χ4n) is 4.17. The normalized spacial score (nSPS) is 14.9. The Hall–Kier alpha value is -4.33. The van der Waals surface area contributed by atoms with E-state index < -0.39 is 12.0 Å². The largest absolute Gasteiger partial charge is 0.496 e. The van der Waals surface area contributed by atoms with Gasteiger partial charge < -0.3 is 13.9 Å². The molecule has 0 spiro atoms. The average Bonchev–Trinajstić information content (AvgIpc) is 3.57. The van der Waals surface area contributed by atoms with Crippen LogP contribution in [0.5, 0.6) is 5.75 Å². The number of benzene rings is 2. The van der Waals surface area contributed by atoms with Gasteiger partial charge in [0.1, 0.15) is 11.4 Å². The van der Waals surface area contributed by atoms with Crippen LogP contribution in [-0.4, -0.2) is 35.8 Å². The highest BCUT2D eigenvalue weighted by molar-refractivity contribution is 6.12. The molecule has 0 saturated carbocycles. The monoisotopic (exact) mass is 443 g/mol. The fourth-order valence-corrected chi connectivity index (χ4v) is 4.17. The smallest absolute Gasteiger partial charge is 0.338 e. The molecule has 33 heavy (non-hydrogen) atoms. The number of anilines is 1. The lowest BCUT2D eigenvalue weighted by Gasteiger charge is -2.27. The first-order chi connectivity index (χ1) is 16.1. The van der Waals surface area contributed by atoms with Gasteiger partial charge in [-0.25, -0.2) is 4.79 Å². The van der Waals surface area contributed by atoms with E-state index in [1.54, 1.807) is 55.5 Å². The van der Waals surface area contributed by atoms with Crippen LogP contribution in [0.15, 0.2) is 71.3 Å². The number of rotatable bonds is 6. The maximum atomic E-state index is 13.6. The Balaban J connectivity index is 1.66. The van der Waals surface area contributed by atoms with E-state index in [-0.39, 0.29) is 12.5 Å². The van der Waals surface area contributed by atoms with E-state index in [0.29, 0.717) is 39.7 Å². The Morgan fingerprint density at radius 3 is 2.61 bits per heavy atom. The number of ether oxygens (including phenoxy) is 2. The lowest BCUT2D eigenvalue weighted by molar-refractivity contribution is 0.0526. The van der Waals surface area contributed by atoms with Crippen LogP contribution in [0, 0.1) is 0 Å². The van der Waals surface area contributed by atoms with Crippen LogP contribution in [0.1, 0.15) is 44.9 Å². The minimum atomic E-state index is -0.518. The molecule has 3 heterocycles. The van der Waals surface area contributed by atoms with Gasteiger partial charge in [0, 0.05) is 16.8 Å². The Labute approximate surface area is 189 Å². The number of hydrogen-bond acceptors (Lipinski definition) is 6. The third kappa shape index (κ3) is 3.36. The van der Waals surface area contributed by atoms with Gasteiger partial charge >= 0.3 is 5.97 Å². The van der Waals surface area contributed by atoms with Crippen molar-refractivity contribution in [3.8, 4) is 17.2 Å². The molecule has 1 aliphatic rings. The van der Waals surface area contributed by atoms with E-state index in [0.717, 1.165) is 5.56 Å². The van der Waals surface area contributed by atoms with Gasteiger partial charge in [-0.3, -0.25) is 14.8 Å². The van der Waals surface area contributed by atoms with E-state index in [1.165, 1.54) is 0 Å². The molecule has 1 amide bonds. The van der Waals surface area contributed by atoms with Crippen LogP contribution < -0.4 is 9.64 Å². The summed E-state index contributed by atoms with van der Waals surface area (Å²) in [7, 11) is 1.60. The standard InChI is InChI=1S/C25H21N3O5/c1-3-32-25(30)15-10-12-16(13-11-15)28-23(17-7-4-5-8-18(17)31-2)20-21(19-9-6-14-33-19)26-27-22(20)24(28)29/h4-14,23H,3H2,1-2H3,(H,26,27)/t23-/m0/s1. The number of esters is 1. The van der Waals surface area contributed by atoms with Gasteiger partial charge in [-0.15, -0.1) is 0 Å². The maximum Gasteiger partial charge on any atom is 0.338 e. The summed E-state index contributed by atoms with van der Waals surface area (Å²) in [6.07, 6.45) is 1.57. The summed E-state index contributed by atoms with van der Waals surface area (Å²) in [6, 6.07) is 17.4. The Morgan fingerprint density at radius 1 is 1.12 bits per heavy atom. The van der Waals surface area contributed by atoms with E-state index in [2.05, 4.69) is 10.2 Å². The number of aromatic amines is 1. The summed E-state index contributed by atoms with van der Waals surface area (Å²) in [5, 5.41) is 7.28. The van der Waals surface area contributed by atoms with Crippen LogP contribution in [0.25, 0.3) is 11.5 Å². The summed E-state index contributed by atoms with van der Waals surface area (Å²) in [5.41, 5.74) is 3.48. The molecular formula is C25H21N3O5. The molecule has 0 fully saturated rings. The molecule has 1 aliphatic heterocycles. The van der Waals surface area contributed by atoms with E-state index >= 15 is 0 Å². The Morgan fingerprint density at radius 2 is 1.91 bits per heavy atom. The van der Waals surface area contributed by atoms with Gasteiger partial charge in [0.25, 0.3) is 5.91 Å². The van der Waals surface area contributed by atoms with E-state index in [1.807, 2.05) is 30.3 Å². The van der Waals surface area contributed by atoms with Crippen molar-refractivity contribution in [1.29, 1.82) is 0 Å². The molecule has 0 aliphatic carbocycles. The zero-order valence-corrected chi connectivity index (χ0v) is 18.1. The zero-order valence-electron chi connectivity index (χ0n) is 18.1. The number of amides is 1. The molecule has 8 nitrogen and oxygen atoms in total. The number of furan rings is 1. The second-order valence-corrected chi connectivity index (χ2v) is 7.43. The predicted octanol–water partition coefficient (Wildman–Crippen LogP) is 4.60. The zero-order chi connectivity index (χ0) is 22.9. The molecule has 4 aromatic rings. The number of hydrogen-bond donors (Lipinski definition) is 1. The second-order valence-electron chi connectivity index (χ2n) is 7.43. The summed E-state index contributed by atoms with van der Waals surface area (Å²) in [5.74, 6) is 0.545. The summed E-state index contributed by atoms with van der Waals surface area (Å²) in [4.78, 5) is 27.3. The van der Waals surface area contributed by atoms with Crippen molar-refractivity contribution < 1.29 is 23.5 Å². The minimum Gasteiger partial charge on any atom is -0.496 e. The number of nitrogens with zero attached hydrogens (tertiary/aromatic N) is 2. The Bertz CT molecular complexity index is 1310. The number of H-pyrrole nitrogens is 1. The van der Waals surface area contributed by atoms with Crippen LogP contribution in [0.4, 0.5) is 5.69 Å². The predicted molar refractivity (Wildman–Crippen MR) is 120 cm³/mol. The Kier molecular flexibility index (Phi) is 5.18. The maximum absolute atomic E-state index is 13.6. The molecule has 5 rings (SSSR count). The molecular weight excluding hydrogens is 422 g/mol. The van der Waals surface area contributed by atoms with Crippen LogP contribution in [0.3, 0.4) is 0 Å². The first-order valence-electron chi connectivity index (χ1n) is 10.5. The van der Waals surface area contributed by atoms with Crippen molar-refractivity contribution in [3.05, 3.63) is 89.3 Å². The molecule has 0 unspecified atom stereocenters. The topological polar surface area (TPSA) is 97.7 Å². The average molecular weight is 443 g/mol. The van der Waals surface area contributed by atoms with Gasteiger partial charge in [0.05, 0.1) is 31.6 Å². The minimum absolute atomic E-state index is 0.265. The van der Waals surface area contributed by atoms with Crippen LogP contribution in [-0.2, 0) is 4.74 Å². The number of methoxy groups -OCH3 is 1. The van der Waals surface area contributed by atoms with E-state index in [4.69, 9.17) is 13.9 Å². The van der Waals surface area contributed by atoms with E-state index in [9.17, 15) is 9.59 Å². The SMILES string of the molecule is CCOC(=O)c1ccc(N2C(=O)c3n[nH]c(-c4ccco4)c3[C@@H]2c2ccccc2OC)cc1. The molecule has 8 heteroatoms. The molecule has 2 aromatic heterocycles. The van der Waals surface area contributed by atoms with Crippen molar-refractivity contribution in [3.63, 3.8) is 0 Å². The third-order valence-corrected chi connectivity index (χ3v) is 5.61. The van der Waals surface area contributed by atoms with Gasteiger partial charge in [0.2, 0.25) is 0 Å². The van der Waals surface area contributed by atoms with Crippen molar-refractivity contribution in [2.45, 2.75) is 13.0 Å². The molecule has 0 radical (unpaired) electrons. The number of carbonyl (C=O) groups is 2. The number of fused-ring (bicyclic) bond motifs is 1. The number of nitrogens with one attached hydrogen (secondary N) is 1. The van der Waals surface area contributed by atoms with Crippen LogP contribution >= 0.6 is 0 Å². The molecule has 2 aromatic carbocycles. The summed E-state index contributed by atoms with van der Waals surface area (Å²) >= 11 is 0. The highest BCUT2D eigenvalue weighted by atomic mass is 16.5. The van der Waals surface area contributed by atoms with Crippen molar-refractivity contribution >= 4 is 17.6 Å². The van der Waals surface area contributed by atoms with Gasteiger partial charge in [-0.1, -0.05) is 18.2 Å². The first kappa shape index (κ1) is 20.6. The summed E-state index contributed by atoms with van der Waals surface area (Å²) < 4.78 is 16.3. The number of carbonyl (C=O) groups excluding carboxylic acids is 2. The fraction of sp³-hybridized carbons (Fsp3) is 0.160. The molecule has 1 N–H and O–H groups in total. The van der Waals surface area contributed by atoms with Crippen molar-refractivity contribution in [2.75, 3.05) is 18.6 Å². The lowest BCUT2D eigenvalue weighted by Crippen LogP contribution is -2.29. The number of para-hydroxylation sites is 1. The lowest BCUT2D eigenvalue weighted by atomic mass is 9.96. The first-order valence-corrected chi connectivity index (χ1v) is 10.5. The van der Waals surface area contributed by atoms with Crippen molar-refractivity contribution in [2.24, 2.45) is 0 Å². The third-order valence-electron chi connectivity index (χ3n) is 5.61. The van der Waals surface area contributed by atoms with Crippen molar-refractivity contribution in [1.82, 2.24) is 10.2 Å². The molecule has 166 valence electrons. The molecule has 1 atom stereocenters. The molecule has 0 bridgehead atoms. The number of aromatic nitrogens is 2. The second kappa shape index (κ2) is 8.31. The highest BCUT2D eigenvalue weighted by Crippen LogP contribution is 2.47.